The highest BCUT2D eigenvalue weighted by Gasteiger charge is 2.11. The summed E-state index contributed by atoms with van der Waals surface area (Å²) < 4.78 is 5.11. The summed E-state index contributed by atoms with van der Waals surface area (Å²) in [4.78, 5) is 4.33. The number of methoxy groups -OCH3 is 1. The second-order valence-electron chi connectivity index (χ2n) is 4.61. The number of nitrogen functional groups attached to an aromatic ring is 1. The predicted octanol–water partition coefficient (Wildman–Crippen LogP) is 5.47. The van der Waals surface area contributed by atoms with Gasteiger partial charge in [0.05, 0.1) is 12.8 Å². The standard InChI is InChI=1S/C16H13ClN4OS/c1-22-13-8-6-12(7-9-13)20-21-15-14(19-16(18)23-15)10-2-4-11(17)5-3-10/h2-9H,1H3,(H2,18,19). The van der Waals surface area contributed by atoms with Crippen molar-refractivity contribution in [2.75, 3.05) is 12.8 Å². The highest BCUT2D eigenvalue weighted by Crippen LogP contribution is 2.38. The first-order chi connectivity index (χ1) is 11.2. The summed E-state index contributed by atoms with van der Waals surface area (Å²) in [5.74, 6) is 0.771. The van der Waals surface area contributed by atoms with E-state index in [0.717, 1.165) is 17.0 Å². The monoisotopic (exact) mass is 344 g/mol. The van der Waals surface area contributed by atoms with Crippen LogP contribution in [0.25, 0.3) is 11.3 Å². The average Bonchev–Trinajstić information content (AvgIpc) is 2.95. The second-order valence-corrected chi connectivity index (χ2v) is 6.06. The highest BCUT2D eigenvalue weighted by atomic mass is 35.5. The molecule has 0 atom stereocenters. The first-order valence-corrected chi connectivity index (χ1v) is 7.93. The van der Waals surface area contributed by atoms with Crippen LogP contribution in [0.3, 0.4) is 0 Å². The molecule has 0 fully saturated rings. The fourth-order valence-corrected chi connectivity index (χ4v) is 2.75. The Hall–Kier alpha value is -2.44. The third-order valence-corrected chi connectivity index (χ3v) is 4.09. The van der Waals surface area contributed by atoms with Crippen molar-refractivity contribution in [3.63, 3.8) is 0 Å². The SMILES string of the molecule is COc1ccc(N=Nc2sc(N)nc2-c2ccc(Cl)cc2)cc1. The molecule has 0 radical (unpaired) electrons. The summed E-state index contributed by atoms with van der Waals surface area (Å²) in [7, 11) is 1.62. The number of hydrogen-bond donors (Lipinski definition) is 1. The summed E-state index contributed by atoms with van der Waals surface area (Å²) in [6.07, 6.45) is 0. The molecule has 3 aromatic rings. The van der Waals surface area contributed by atoms with Gasteiger partial charge in [-0.1, -0.05) is 35.1 Å². The number of rotatable bonds is 4. The molecule has 0 spiro atoms. The van der Waals surface area contributed by atoms with Gasteiger partial charge in [-0.25, -0.2) is 4.98 Å². The van der Waals surface area contributed by atoms with Crippen LogP contribution in [0.1, 0.15) is 0 Å². The van der Waals surface area contributed by atoms with Crippen molar-refractivity contribution in [2.24, 2.45) is 10.2 Å². The molecule has 1 aromatic heterocycles. The van der Waals surface area contributed by atoms with Gasteiger partial charge in [-0.3, -0.25) is 0 Å². The molecule has 2 aromatic carbocycles. The highest BCUT2D eigenvalue weighted by molar-refractivity contribution is 7.19. The van der Waals surface area contributed by atoms with Crippen LogP contribution in [-0.4, -0.2) is 12.1 Å². The Morgan fingerprint density at radius 1 is 1.04 bits per heavy atom. The van der Waals surface area contributed by atoms with Crippen LogP contribution in [-0.2, 0) is 0 Å². The average molecular weight is 345 g/mol. The van der Waals surface area contributed by atoms with Gasteiger partial charge in [0, 0.05) is 10.6 Å². The molecule has 0 bridgehead atoms. The van der Waals surface area contributed by atoms with E-state index >= 15 is 0 Å². The fraction of sp³-hybridized carbons (Fsp3) is 0.0625. The number of hydrogen-bond acceptors (Lipinski definition) is 6. The summed E-state index contributed by atoms with van der Waals surface area (Å²) in [5.41, 5.74) is 8.13. The molecule has 5 nitrogen and oxygen atoms in total. The number of halogens is 1. The van der Waals surface area contributed by atoms with Gasteiger partial charge < -0.3 is 10.5 Å². The Balaban J connectivity index is 1.90. The van der Waals surface area contributed by atoms with Gasteiger partial charge >= 0.3 is 0 Å². The molecule has 0 unspecified atom stereocenters. The lowest BCUT2D eigenvalue weighted by atomic mass is 10.2. The van der Waals surface area contributed by atoms with Crippen molar-refractivity contribution < 1.29 is 4.74 Å². The zero-order valence-electron chi connectivity index (χ0n) is 12.2. The van der Waals surface area contributed by atoms with Gasteiger partial charge in [0.2, 0.25) is 0 Å². The van der Waals surface area contributed by atoms with Gasteiger partial charge in [-0.2, -0.15) is 0 Å². The van der Waals surface area contributed by atoms with E-state index in [2.05, 4.69) is 15.2 Å². The number of thiazole rings is 1. The van der Waals surface area contributed by atoms with Crippen LogP contribution >= 0.6 is 22.9 Å². The minimum absolute atomic E-state index is 0.443. The van der Waals surface area contributed by atoms with E-state index in [1.54, 1.807) is 19.2 Å². The van der Waals surface area contributed by atoms with Crippen molar-refractivity contribution in [2.45, 2.75) is 0 Å². The van der Waals surface area contributed by atoms with Crippen molar-refractivity contribution in [1.29, 1.82) is 0 Å². The Morgan fingerprint density at radius 3 is 2.39 bits per heavy atom. The topological polar surface area (TPSA) is 72.9 Å². The Labute approximate surface area is 142 Å². The lowest BCUT2D eigenvalue weighted by molar-refractivity contribution is 0.415. The Bertz CT molecular complexity index is 828. The van der Waals surface area contributed by atoms with Gasteiger partial charge in [0.25, 0.3) is 0 Å². The van der Waals surface area contributed by atoms with E-state index < -0.39 is 0 Å². The van der Waals surface area contributed by atoms with Crippen LogP contribution in [0.4, 0.5) is 15.8 Å². The smallest absolute Gasteiger partial charge is 0.182 e. The lowest BCUT2D eigenvalue weighted by Crippen LogP contribution is -1.82. The molecule has 0 aliphatic carbocycles. The zero-order valence-corrected chi connectivity index (χ0v) is 13.8. The quantitative estimate of drug-likeness (QED) is 0.638. The van der Waals surface area contributed by atoms with Crippen LogP contribution in [0.2, 0.25) is 5.02 Å². The minimum Gasteiger partial charge on any atom is -0.497 e. The molecule has 23 heavy (non-hydrogen) atoms. The maximum Gasteiger partial charge on any atom is 0.182 e. The van der Waals surface area contributed by atoms with Gasteiger partial charge in [0.1, 0.15) is 11.4 Å². The number of anilines is 1. The van der Waals surface area contributed by atoms with E-state index in [-0.39, 0.29) is 0 Å². The molecule has 0 aliphatic heterocycles. The molecule has 2 N–H and O–H groups in total. The van der Waals surface area contributed by atoms with Crippen LogP contribution < -0.4 is 10.5 Å². The molecule has 0 aliphatic rings. The zero-order chi connectivity index (χ0) is 16.2. The van der Waals surface area contributed by atoms with Crippen molar-refractivity contribution in [3.8, 4) is 17.0 Å². The van der Waals surface area contributed by atoms with Crippen molar-refractivity contribution in [1.82, 2.24) is 4.98 Å². The van der Waals surface area contributed by atoms with Crippen molar-refractivity contribution in [3.05, 3.63) is 53.6 Å². The number of azo groups is 1. The molecule has 0 amide bonds. The van der Waals surface area contributed by atoms with Crippen LogP contribution in [0.5, 0.6) is 5.75 Å². The third kappa shape index (κ3) is 3.67. The van der Waals surface area contributed by atoms with Crippen molar-refractivity contribution >= 4 is 38.8 Å². The number of benzene rings is 2. The van der Waals surface area contributed by atoms with E-state index in [0.29, 0.717) is 20.8 Å². The van der Waals surface area contributed by atoms with Gasteiger partial charge in [0.15, 0.2) is 10.1 Å². The number of ether oxygens (including phenoxy) is 1. The molecule has 0 saturated carbocycles. The first kappa shape index (κ1) is 15.5. The summed E-state index contributed by atoms with van der Waals surface area (Å²) >= 11 is 7.20. The molecular weight excluding hydrogens is 332 g/mol. The second kappa shape index (κ2) is 6.76. The number of nitrogens with two attached hydrogens (primary N) is 1. The van der Waals surface area contributed by atoms with Crippen LogP contribution in [0, 0.1) is 0 Å². The number of nitrogens with zero attached hydrogens (tertiary/aromatic N) is 3. The Morgan fingerprint density at radius 2 is 1.74 bits per heavy atom. The van der Waals surface area contributed by atoms with Gasteiger partial charge in [-0.05, 0) is 36.4 Å². The summed E-state index contributed by atoms with van der Waals surface area (Å²) in [6.45, 7) is 0. The molecule has 0 saturated heterocycles. The number of aromatic nitrogens is 1. The van der Waals surface area contributed by atoms with E-state index in [1.165, 1.54) is 11.3 Å². The normalized spacial score (nSPS) is 11.0. The maximum atomic E-state index is 5.92. The summed E-state index contributed by atoms with van der Waals surface area (Å²) in [5, 5.41) is 10.3. The fourth-order valence-electron chi connectivity index (χ4n) is 1.94. The molecular formula is C16H13ClN4OS. The lowest BCUT2D eigenvalue weighted by Gasteiger charge is -1.99. The summed E-state index contributed by atoms with van der Waals surface area (Å²) in [6, 6.07) is 14.7. The molecule has 116 valence electrons. The molecule has 3 rings (SSSR count). The minimum atomic E-state index is 0.443. The first-order valence-electron chi connectivity index (χ1n) is 6.74. The van der Waals surface area contributed by atoms with Gasteiger partial charge in [-0.15, -0.1) is 10.2 Å². The largest absolute Gasteiger partial charge is 0.497 e. The predicted molar refractivity (Wildman–Crippen MR) is 94.1 cm³/mol. The van der Waals surface area contributed by atoms with E-state index in [4.69, 9.17) is 22.1 Å². The van der Waals surface area contributed by atoms with E-state index in [9.17, 15) is 0 Å². The van der Waals surface area contributed by atoms with E-state index in [1.807, 2.05) is 36.4 Å². The molecule has 1 heterocycles. The Kier molecular flexibility index (Phi) is 4.55. The molecule has 7 heteroatoms. The maximum absolute atomic E-state index is 5.92. The third-order valence-electron chi connectivity index (χ3n) is 3.07. The van der Waals surface area contributed by atoms with Crippen LogP contribution in [0.15, 0.2) is 58.8 Å².